The Hall–Kier alpha value is -1.20. The molecule has 1 rings (SSSR count). The van der Waals surface area contributed by atoms with Crippen molar-refractivity contribution >= 4 is 5.82 Å². The van der Waals surface area contributed by atoms with Crippen molar-refractivity contribution in [1.82, 2.24) is 20.2 Å². The van der Waals surface area contributed by atoms with Gasteiger partial charge in [-0.2, -0.15) is 0 Å². The summed E-state index contributed by atoms with van der Waals surface area (Å²) in [6, 6.07) is 0. The normalized spacial score (nSPS) is 11.4. The summed E-state index contributed by atoms with van der Waals surface area (Å²) in [5.41, 5.74) is 1.00. The van der Waals surface area contributed by atoms with Gasteiger partial charge in [0.05, 0.1) is 18.1 Å². The molecule has 0 saturated heterocycles. The highest BCUT2D eigenvalue weighted by Crippen LogP contribution is 2.11. The Bertz CT molecular complexity index is 375. The first-order valence-electron chi connectivity index (χ1n) is 7.94. The van der Waals surface area contributed by atoms with Gasteiger partial charge in [-0.1, -0.05) is 20.8 Å². The van der Waals surface area contributed by atoms with Gasteiger partial charge in [0, 0.05) is 26.2 Å². The molecule has 5 nitrogen and oxygen atoms in total. The maximum Gasteiger partial charge on any atom is 0.147 e. The molecule has 120 valence electrons. The fraction of sp³-hybridized carbons (Fsp3) is 0.750. The van der Waals surface area contributed by atoms with Crippen molar-refractivity contribution in [3.05, 3.63) is 18.1 Å². The van der Waals surface area contributed by atoms with Crippen LogP contribution < -0.4 is 10.2 Å². The number of aromatic nitrogens is 2. The molecule has 0 aliphatic rings. The summed E-state index contributed by atoms with van der Waals surface area (Å²) < 4.78 is 0. The van der Waals surface area contributed by atoms with Crippen molar-refractivity contribution in [3.63, 3.8) is 0 Å². The topological polar surface area (TPSA) is 44.3 Å². The van der Waals surface area contributed by atoms with E-state index < -0.39 is 0 Å². The van der Waals surface area contributed by atoms with E-state index in [9.17, 15) is 0 Å². The Labute approximate surface area is 129 Å². The highest BCUT2D eigenvalue weighted by atomic mass is 15.2. The van der Waals surface area contributed by atoms with Crippen molar-refractivity contribution in [3.8, 4) is 0 Å². The summed E-state index contributed by atoms with van der Waals surface area (Å²) in [4.78, 5) is 13.6. The molecule has 0 spiro atoms. The molecule has 1 heterocycles. The van der Waals surface area contributed by atoms with Crippen LogP contribution in [0.25, 0.3) is 0 Å². The van der Waals surface area contributed by atoms with Gasteiger partial charge in [0.1, 0.15) is 5.82 Å². The maximum absolute atomic E-state index is 4.59. The van der Waals surface area contributed by atoms with Crippen LogP contribution in [0.15, 0.2) is 12.4 Å². The molecule has 0 aromatic carbocycles. The monoisotopic (exact) mass is 293 g/mol. The Morgan fingerprint density at radius 2 is 1.90 bits per heavy atom. The molecule has 0 unspecified atom stereocenters. The number of hydrogen-bond donors (Lipinski definition) is 1. The maximum atomic E-state index is 4.59. The zero-order chi connectivity index (χ0) is 15.7. The van der Waals surface area contributed by atoms with E-state index in [1.165, 1.54) is 0 Å². The third-order valence-corrected chi connectivity index (χ3v) is 3.15. The van der Waals surface area contributed by atoms with Crippen molar-refractivity contribution in [2.24, 2.45) is 5.92 Å². The number of anilines is 1. The van der Waals surface area contributed by atoms with Crippen LogP contribution in [0, 0.1) is 5.92 Å². The molecule has 1 aromatic heterocycles. The number of nitrogens with zero attached hydrogens (tertiary/aromatic N) is 4. The lowest BCUT2D eigenvalue weighted by Gasteiger charge is -2.26. The predicted octanol–water partition coefficient (Wildman–Crippen LogP) is 2.00. The number of hydrogen-bond acceptors (Lipinski definition) is 5. The molecule has 1 aromatic rings. The minimum absolute atomic E-state index is 0.611. The van der Waals surface area contributed by atoms with E-state index in [2.05, 4.69) is 60.0 Å². The van der Waals surface area contributed by atoms with Gasteiger partial charge in [0.2, 0.25) is 0 Å². The molecule has 0 saturated carbocycles. The largest absolute Gasteiger partial charge is 0.354 e. The molecule has 0 atom stereocenters. The average Bonchev–Trinajstić information content (AvgIpc) is 2.44. The summed E-state index contributed by atoms with van der Waals surface area (Å²) >= 11 is 0. The highest BCUT2D eigenvalue weighted by Gasteiger charge is 2.11. The SMILES string of the molecule is CCCNCc1cnc(N(CCN(C)C)CC(C)C)cn1. The lowest BCUT2D eigenvalue weighted by molar-refractivity contribution is 0.408. The molecule has 5 heteroatoms. The number of nitrogens with one attached hydrogen (secondary N) is 1. The molecule has 0 bridgehead atoms. The predicted molar refractivity (Wildman–Crippen MR) is 89.6 cm³/mol. The fourth-order valence-corrected chi connectivity index (χ4v) is 2.06. The van der Waals surface area contributed by atoms with Gasteiger partial charge in [-0.25, -0.2) is 4.98 Å². The van der Waals surface area contributed by atoms with Gasteiger partial charge in [-0.05, 0) is 33.0 Å². The molecular weight excluding hydrogens is 262 g/mol. The summed E-state index contributed by atoms with van der Waals surface area (Å²) in [6.45, 7) is 11.5. The number of rotatable bonds is 10. The lowest BCUT2D eigenvalue weighted by Crippen LogP contribution is -2.35. The van der Waals surface area contributed by atoms with Gasteiger partial charge < -0.3 is 15.1 Å². The van der Waals surface area contributed by atoms with Crippen molar-refractivity contribution < 1.29 is 0 Å². The van der Waals surface area contributed by atoms with Crippen molar-refractivity contribution in [2.45, 2.75) is 33.7 Å². The van der Waals surface area contributed by atoms with Gasteiger partial charge in [-0.3, -0.25) is 4.98 Å². The molecular formula is C16H31N5. The van der Waals surface area contributed by atoms with Crippen LogP contribution in [-0.2, 0) is 6.54 Å². The quantitative estimate of drug-likeness (QED) is 0.669. The van der Waals surface area contributed by atoms with E-state index in [0.717, 1.165) is 50.7 Å². The van der Waals surface area contributed by atoms with E-state index in [-0.39, 0.29) is 0 Å². The van der Waals surface area contributed by atoms with Gasteiger partial charge in [0.25, 0.3) is 0 Å². The Kier molecular flexibility index (Phi) is 8.23. The Morgan fingerprint density at radius 3 is 2.43 bits per heavy atom. The zero-order valence-electron chi connectivity index (χ0n) is 14.3. The van der Waals surface area contributed by atoms with E-state index in [4.69, 9.17) is 0 Å². The second-order valence-electron chi connectivity index (χ2n) is 6.19. The smallest absolute Gasteiger partial charge is 0.147 e. The molecule has 0 fully saturated rings. The van der Waals surface area contributed by atoms with Crippen LogP contribution in [0.4, 0.5) is 5.82 Å². The molecule has 0 aliphatic heterocycles. The average molecular weight is 293 g/mol. The summed E-state index contributed by atoms with van der Waals surface area (Å²) in [5.74, 6) is 1.59. The van der Waals surface area contributed by atoms with E-state index in [1.54, 1.807) is 0 Å². The first kappa shape index (κ1) is 17.9. The second kappa shape index (κ2) is 9.68. The first-order chi connectivity index (χ1) is 10.0. The standard InChI is InChI=1S/C16H31N5/c1-6-7-17-10-15-11-19-16(12-18-15)21(13-14(2)3)9-8-20(4)5/h11-12,14,17H,6-10,13H2,1-5H3. The molecule has 0 aliphatic carbocycles. The van der Waals surface area contributed by atoms with Crippen LogP contribution in [0.5, 0.6) is 0 Å². The van der Waals surface area contributed by atoms with E-state index in [1.807, 2.05) is 12.4 Å². The van der Waals surface area contributed by atoms with Crippen LogP contribution in [0.1, 0.15) is 32.9 Å². The summed E-state index contributed by atoms with van der Waals surface area (Å²) in [7, 11) is 4.20. The minimum atomic E-state index is 0.611. The molecule has 0 radical (unpaired) electrons. The Morgan fingerprint density at radius 1 is 1.14 bits per heavy atom. The second-order valence-corrected chi connectivity index (χ2v) is 6.19. The van der Waals surface area contributed by atoms with Crippen LogP contribution in [0.3, 0.4) is 0 Å². The van der Waals surface area contributed by atoms with Crippen LogP contribution in [-0.4, -0.2) is 55.1 Å². The van der Waals surface area contributed by atoms with Crippen LogP contribution >= 0.6 is 0 Å². The third-order valence-electron chi connectivity index (χ3n) is 3.15. The van der Waals surface area contributed by atoms with Crippen molar-refractivity contribution in [2.75, 3.05) is 45.2 Å². The number of likely N-dealkylation sites (N-methyl/N-ethyl adjacent to an activating group) is 1. The molecule has 21 heavy (non-hydrogen) atoms. The van der Waals surface area contributed by atoms with E-state index >= 15 is 0 Å². The van der Waals surface area contributed by atoms with Gasteiger partial charge in [0.15, 0.2) is 0 Å². The fourth-order valence-electron chi connectivity index (χ4n) is 2.06. The Balaban J connectivity index is 2.64. The van der Waals surface area contributed by atoms with Crippen molar-refractivity contribution in [1.29, 1.82) is 0 Å². The first-order valence-corrected chi connectivity index (χ1v) is 7.94. The molecule has 0 amide bonds. The summed E-state index contributed by atoms with van der Waals surface area (Å²) in [6.07, 6.45) is 4.93. The zero-order valence-corrected chi connectivity index (χ0v) is 14.3. The minimum Gasteiger partial charge on any atom is -0.354 e. The van der Waals surface area contributed by atoms with E-state index in [0.29, 0.717) is 5.92 Å². The molecule has 1 N–H and O–H groups in total. The summed E-state index contributed by atoms with van der Waals surface area (Å²) in [5, 5.41) is 3.35. The van der Waals surface area contributed by atoms with Gasteiger partial charge in [-0.15, -0.1) is 0 Å². The highest BCUT2D eigenvalue weighted by molar-refractivity contribution is 5.35. The van der Waals surface area contributed by atoms with Crippen LogP contribution in [0.2, 0.25) is 0 Å². The lowest BCUT2D eigenvalue weighted by atomic mass is 10.2. The van der Waals surface area contributed by atoms with Gasteiger partial charge >= 0.3 is 0 Å². The third kappa shape index (κ3) is 7.39.